The molecule has 2 N–H and O–H groups in total. The zero-order valence-corrected chi connectivity index (χ0v) is 15.0. The average Bonchev–Trinajstić information content (AvgIpc) is 2.57. The van der Waals surface area contributed by atoms with Gasteiger partial charge in [-0.15, -0.1) is 0 Å². The Kier molecular flexibility index (Phi) is 16.9. The summed E-state index contributed by atoms with van der Waals surface area (Å²) in [5, 5.41) is 17.3. The predicted molar refractivity (Wildman–Crippen MR) is 99.0 cm³/mol. The fourth-order valence-corrected chi connectivity index (χ4v) is 2.48. The van der Waals surface area contributed by atoms with Crippen molar-refractivity contribution in [2.45, 2.75) is 83.7 Å². The Hall–Kier alpha value is -1.39. The largest absolute Gasteiger partial charge is 0.478 e. The maximum absolute atomic E-state index is 10.2. The molecule has 0 aliphatic heterocycles. The van der Waals surface area contributed by atoms with Crippen LogP contribution in [0.15, 0.2) is 36.5 Å². The van der Waals surface area contributed by atoms with Crippen LogP contribution in [0.1, 0.15) is 77.6 Å². The molecule has 138 valence electrons. The number of carboxylic acids is 1. The van der Waals surface area contributed by atoms with Crippen LogP contribution in [0.3, 0.4) is 0 Å². The van der Waals surface area contributed by atoms with Gasteiger partial charge in [-0.2, -0.15) is 0 Å². The van der Waals surface area contributed by atoms with E-state index >= 15 is 0 Å². The van der Waals surface area contributed by atoms with Gasteiger partial charge in [0.25, 0.3) is 0 Å². The van der Waals surface area contributed by atoms with Crippen molar-refractivity contribution in [3.05, 3.63) is 36.5 Å². The molecular weight excluding hydrogens is 304 g/mol. The Labute approximate surface area is 146 Å². The van der Waals surface area contributed by atoms with Gasteiger partial charge in [-0.1, -0.05) is 82.2 Å². The van der Waals surface area contributed by atoms with Crippen LogP contribution in [-0.4, -0.2) is 22.4 Å². The maximum Gasteiger partial charge on any atom is 0.328 e. The lowest BCUT2D eigenvalue weighted by molar-refractivity contribution is -0.281. The smallest absolute Gasteiger partial charge is 0.328 e. The number of aliphatic carboxylic acids is 1. The summed E-state index contributed by atoms with van der Waals surface area (Å²) in [6.45, 7) is 2.18. The highest BCUT2D eigenvalue weighted by Gasteiger charge is 2.07. The minimum Gasteiger partial charge on any atom is -0.478 e. The second-order valence-electron chi connectivity index (χ2n) is 6.08. The van der Waals surface area contributed by atoms with E-state index in [4.69, 9.17) is 10.4 Å². The molecule has 4 nitrogen and oxygen atoms in total. The highest BCUT2D eigenvalue weighted by molar-refractivity contribution is 5.80. The van der Waals surface area contributed by atoms with Crippen molar-refractivity contribution < 1.29 is 20.0 Å². The first kappa shape index (κ1) is 22.6. The highest BCUT2D eigenvalue weighted by atomic mass is 17.1. The van der Waals surface area contributed by atoms with Gasteiger partial charge in [0.1, 0.15) is 0 Å². The van der Waals surface area contributed by atoms with Gasteiger partial charge in [-0.3, -0.25) is 5.26 Å². The van der Waals surface area contributed by atoms with Crippen molar-refractivity contribution in [3.63, 3.8) is 0 Å². The quantitative estimate of drug-likeness (QED) is 0.121. The van der Waals surface area contributed by atoms with E-state index in [1.165, 1.54) is 44.6 Å². The van der Waals surface area contributed by atoms with E-state index in [-0.39, 0.29) is 6.10 Å². The van der Waals surface area contributed by atoms with Crippen molar-refractivity contribution in [2.75, 3.05) is 0 Å². The van der Waals surface area contributed by atoms with Crippen LogP contribution in [0.2, 0.25) is 0 Å². The Morgan fingerprint density at radius 1 is 0.917 bits per heavy atom. The van der Waals surface area contributed by atoms with Crippen molar-refractivity contribution in [3.8, 4) is 0 Å². The molecule has 0 rings (SSSR count). The van der Waals surface area contributed by atoms with Gasteiger partial charge in [0.2, 0.25) is 0 Å². The van der Waals surface area contributed by atoms with E-state index in [1.807, 2.05) is 12.2 Å². The van der Waals surface area contributed by atoms with Gasteiger partial charge in [0.15, 0.2) is 0 Å². The number of allylic oxidation sites excluding steroid dienone is 5. The topological polar surface area (TPSA) is 66.8 Å². The van der Waals surface area contributed by atoms with E-state index in [2.05, 4.69) is 17.9 Å². The minimum absolute atomic E-state index is 0.0152. The Morgan fingerprint density at radius 2 is 1.54 bits per heavy atom. The van der Waals surface area contributed by atoms with Crippen LogP contribution in [0.25, 0.3) is 0 Å². The lowest BCUT2D eigenvalue weighted by Crippen LogP contribution is -2.10. The van der Waals surface area contributed by atoms with Crippen LogP contribution in [-0.2, 0) is 9.68 Å². The van der Waals surface area contributed by atoms with E-state index in [9.17, 15) is 4.79 Å². The first-order valence-corrected chi connectivity index (χ1v) is 9.23. The van der Waals surface area contributed by atoms with Gasteiger partial charge >= 0.3 is 5.97 Å². The van der Waals surface area contributed by atoms with Gasteiger partial charge in [0.05, 0.1) is 6.10 Å². The second-order valence-corrected chi connectivity index (χ2v) is 6.08. The fourth-order valence-electron chi connectivity index (χ4n) is 2.48. The fraction of sp³-hybridized carbons (Fsp3) is 0.650. The second kappa shape index (κ2) is 18.0. The van der Waals surface area contributed by atoms with Crippen LogP contribution >= 0.6 is 0 Å². The van der Waals surface area contributed by atoms with Crippen molar-refractivity contribution in [1.82, 2.24) is 0 Å². The van der Waals surface area contributed by atoms with Gasteiger partial charge in [0, 0.05) is 6.08 Å². The van der Waals surface area contributed by atoms with E-state index in [0.29, 0.717) is 0 Å². The SMILES string of the molecule is CCCCCC(CCCCCCC/C=C/C=C/C=C/C(=O)O)OO. The van der Waals surface area contributed by atoms with Gasteiger partial charge in [-0.25, -0.2) is 9.68 Å². The summed E-state index contributed by atoms with van der Waals surface area (Å²) < 4.78 is 0. The van der Waals surface area contributed by atoms with Crippen LogP contribution in [0.4, 0.5) is 0 Å². The third-order valence-electron chi connectivity index (χ3n) is 3.88. The summed E-state index contributed by atoms with van der Waals surface area (Å²) in [6.07, 6.45) is 22.7. The summed E-state index contributed by atoms with van der Waals surface area (Å²) in [6, 6.07) is 0. The molecule has 1 atom stereocenters. The molecule has 0 amide bonds. The average molecular weight is 338 g/mol. The normalized spacial score (nSPS) is 13.4. The number of hydrogen-bond donors (Lipinski definition) is 2. The predicted octanol–water partition coefficient (Wildman–Crippen LogP) is 5.91. The summed E-state index contributed by atoms with van der Waals surface area (Å²) in [5.41, 5.74) is 0. The van der Waals surface area contributed by atoms with E-state index in [1.54, 1.807) is 6.08 Å². The van der Waals surface area contributed by atoms with Crippen molar-refractivity contribution >= 4 is 5.97 Å². The lowest BCUT2D eigenvalue weighted by Gasteiger charge is -2.12. The molecule has 4 heteroatoms. The molecule has 0 saturated heterocycles. The van der Waals surface area contributed by atoms with Crippen LogP contribution in [0, 0.1) is 0 Å². The Bertz CT molecular complexity index is 372. The molecule has 1 unspecified atom stereocenters. The summed E-state index contributed by atoms with van der Waals surface area (Å²) in [5.74, 6) is -0.929. The molecule has 0 aliphatic rings. The van der Waals surface area contributed by atoms with Crippen LogP contribution in [0.5, 0.6) is 0 Å². The van der Waals surface area contributed by atoms with Crippen molar-refractivity contribution in [1.29, 1.82) is 0 Å². The van der Waals surface area contributed by atoms with Gasteiger partial charge < -0.3 is 5.11 Å². The van der Waals surface area contributed by atoms with Gasteiger partial charge in [-0.05, 0) is 25.7 Å². The first-order valence-electron chi connectivity index (χ1n) is 9.23. The number of unbranched alkanes of at least 4 members (excludes halogenated alkanes) is 7. The lowest BCUT2D eigenvalue weighted by atomic mass is 10.0. The zero-order chi connectivity index (χ0) is 17.9. The third-order valence-corrected chi connectivity index (χ3v) is 3.88. The third kappa shape index (κ3) is 17.0. The molecule has 0 aromatic heterocycles. The Morgan fingerprint density at radius 3 is 2.21 bits per heavy atom. The molecule has 0 aromatic rings. The number of carboxylic acid groups (broad SMARTS) is 1. The number of rotatable bonds is 16. The summed E-state index contributed by atoms with van der Waals surface area (Å²) in [7, 11) is 0. The molecule has 0 aromatic carbocycles. The monoisotopic (exact) mass is 338 g/mol. The standard InChI is InChI=1S/C20H34O4/c1-2-3-13-16-19(24-23)17-14-11-9-7-5-4-6-8-10-12-15-18-20(21)22/h6,8,10,12,15,18-19,23H,2-5,7,9,11,13-14,16-17H2,1H3,(H,21,22)/b8-6+,12-10+,18-15+. The highest BCUT2D eigenvalue weighted by Crippen LogP contribution is 2.14. The number of carbonyl (C=O) groups is 1. The molecule has 0 aliphatic carbocycles. The summed E-state index contributed by atoms with van der Waals surface area (Å²) in [4.78, 5) is 14.8. The van der Waals surface area contributed by atoms with Crippen LogP contribution < -0.4 is 0 Å². The molecule has 0 fully saturated rings. The zero-order valence-electron chi connectivity index (χ0n) is 15.0. The molecule has 0 heterocycles. The molecule has 0 bridgehead atoms. The molecule has 0 spiro atoms. The minimum atomic E-state index is -0.929. The summed E-state index contributed by atoms with van der Waals surface area (Å²) >= 11 is 0. The van der Waals surface area contributed by atoms with E-state index in [0.717, 1.165) is 38.2 Å². The van der Waals surface area contributed by atoms with Crippen molar-refractivity contribution in [2.24, 2.45) is 0 Å². The molecule has 0 saturated carbocycles. The molecule has 0 radical (unpaired) electrons. The number of hydrogen-bond acceptors (Lipinski definition) is 3. The maximum atomic E-state index is 10.2. The molecular formula is C20H34O4. The Balaban J connectivity index is 3.45. The molecule has 24 heavy (non-hydrogen) atoms. The van der Waals surface area contributed by atoms with E-state index < -0.39 is 5.97 Å². The first-order chi connectivity index (χ1) is 11.7.